The fraction of sp³-hybridized carbons (Fsp3) is 0.214. The van der Waals surface area contributed by atoms with Crippen LogP contribution in [0, 0.1) is 0 Å². The summed E-state index contributed by atoms with van der Waals surface area (Å²) in [4.78, 5) is 18.8. The Balaban J connectivity index is 1.93. The minimum absolute atomic E-state index is 0.0160. The molecule has 2 rings (SSSR count). The number of methoxy groups -OCH3 is 1. The van der Waals surface area contributed by atoms with E-state index in [0.29, 0.717) is 24.6 Å². The highest BCUT2D eigenvalue weighted by atomic mass is 35.5. The molecule has 0 saturated carbocycles. The Kier molecular flexibility index (Phi) is 4.94. The number of halogens is 1. The fourth-order valence-electron chi connectivity index (χ4n) is 1.61. The van der Waals surface area contributed by atoms with Gasteiger partial charge in [-0.1, -0.05) is 11.6 Å². The van der Waals surface area contributed by atoms with E-state index in [1.807, 2.05) is 0 Å². The molecule has 6 nitrogen and oxygen atoms in total. The van der Waals surface area contributed by atoms with Gasteiger partial charge in [-0.25, -0.2) is 14.8 Å². The van der Waals surface area contributed by atoms with Gasteiger partial charge in [0.25, 0.3) is 0 Å². The summed E-state index contributed by atoms with van der Waals surface area (Å²) >= 11 is 5.70. The van der Waals surface area contributed by atoms with E-state index in [0.717, 1.165) is 5.75 Å². The van der Waals surface area contributed by atoms with Crippen LogP contribution in [-0.2, 0) is 6.42 Å². The van der Waals surface area contributed by atoms with E-state index in [2.05, 4.69) is 9.97 Å². The molecule has 0 radical (unpaired) electrons. The summed E-state index contributed by atoms with van der Waals surface area (Å²) in [7, 11) is 1.59. The Morgan fingerprint density at radius 1 is 1.29 bits per heavy atom. The largest absolute Gasteiger partial charge is 0.497 e. The van der Waals surface area contributed by atoms with Crippen LogP contribution in [0.3, 0.4) is 0 Å². The topological polar surface area (TPSA) is 81.5 Å². The lowest BCUT2D eigenvalue weighted by atomic mass is 10.3. The number of rotatable bonds is 6. The fourth-order valence-corrected chi connectivity index (χ4v) is 1.78. The Morgan fingerprint density at radius 3 is 2.57 bits per heavy atom. The Bertz CT molecular complexity index is 631. The molecule has 0 aliphatic rings. The maximum absolute atomic E-state index is 10.9. The quantitative estimate of drug-likeness (QED) is 0.882. The summed E-state index contributed by atoms with van der Waals surface area (Å²) in [6, 6.07) is 7.14. The number of aromatic nitrogens is 2. The van der Waals surface area contributed by atoms with E-state index in [1.54, 1.807) is 31.4 Å². The lowest BCUT2D eigenvalue weighted by Crippen LogP contribution is -2.09. The van der Waals surface area contributed by atoms with Crippen LogP contribution < -0.4 is 9.47 Å². The summed E-state index contributed by atoms with van der Waals surface area (Å²) in [5.41, 5.74) is -0.203. The van der Waals surface area contributed by atoms with Gasteiger partial charge in [0.05, 0.1) is 24.9 Å². The Hall–Kier alpha value is -2.34. The van der Waals surface area contributed by atoms with Crippen LogP contribution in [0.1, 0.15) is 16.3 Å². The summed E-state index contributed by atoms with van der Waals surface area (Å²) in [5, 5.41) is 8.94. The van der Waals surface area contributed by atoms with Gasteiger partial charge < -0.3 is 14.6 Å². The number of hydrogen-bond acceptors (Lipinski definition) is 5. The molecule has 1 N–H and O–H groups in total. The van der Waals surface area contributed by atoms with Crippen molar-refractivity contribution in [2.45, 2.75) is 6.42 Å². The molecule has 1 heterocycles. The van der Waals surface area contributed by atoms with Crippen molar-refractivity contribution in [3.8, 4) is 11.5 Å². The third-order valence-electron chi connectivity index (χ3n) is 2.65. The number of carboxylic acids is 1. The van der Waals surface area contributed by atoms with E-state index in [1.165, 1.54) is 6.20 Å². The van der Waals surface area contributed by atoms with Crippen LogP contribution in [0.2, 0.25) is 5.02 Å². The summed E-state index contributed by atoms with van der Waals surface area (Å²) in [5.74, 6) is 0.614. The number of carbonyl (C=O) groups is 1. The zero-order valence-electron chi connectivity index (χ0n) is 11.2. The van der Waals surface area contributed by atoms with E-state index < -0.39 is 5.97 Å². The molecule has 0 fully saturated rings. The molecule has 110 valence electrons. The highest BCUT2D eigenvalue weighted by Crippen LogP contribution is 2.17. The molecule has 0 atom stereocenters. The normalized spacial score (nSPS) is 10.2. The monoisotopic (exact) mass is 308 g/mol. The minimum Gasteiger partial charge on any atom is -0.497 e. The number of ether oxygens (including phenoxy) is 2. The zero-order chi connectivity index (χ0) is 15.2. The van der Waals surface area contributed by atoms with Crippen molar-refractivity contribution in [3.63, 3.8) is 0 Å². The molecule has 0 saturated heterocycles. The van der Waals surface area contributed by atoms with Crippen molar-refractivity contribution >= 4 is 17.6 Å². The van der Waals surface area contributed by atoms with Crippen molar-refractivity contribution in [1.82, 2.24) is 9.97 Å². The molecule has 21 heavy (non-hydrogen) atoms. The van der Waals surface area contributed by atoms with Crippen LogP contribution in [0.15, 0.2) is 30.5 Å². The molecule has 0 unspecified atom stereocenters. The van der Waals surface area contributed by atoms with Gasteiger partial charge in [-0.2, -0.15) is 0 Å². The van der Waals surface area contributed by atoms with Crippen LogP contribution in [0.25, 0.3) is 0 Å². The van der Waals surface area contributed by atoms with Crippen LogP contribution in [0.4, 0.5) is 0 Å². The predicted octanol–water partition coefficient (Wildman–Crippen LogP) is 2.46. The van der Waals surface area contributed by atoms with Crippen molar-refractivity contribution < 1.29 is 19.4 Å². The van der Waals surface area contributed by atoms with Crippen LogP contribution in [-0.4, -0.2) is 34.8 Å². The second-order valence-corrected chi connectivity index (χ2v) is 4.47. The van der Waals surface area contributed by atoms with Gasteiger partial charge in [0.1, 0.15) is 17.3 Å². The smallest absolute Gasteiger partial charge is 0.356 e. The number of aromatic carboxylic acids is 1. The molecule has 0 aliphatic carbocycles. The number of hydrogen-bond donors (Lipinski definition) is 1. The lowest BCUT2D eigenvalue weighted by molar-refractivity contribution is 0.0690. The first kappa shape index (κ1) is 15.1. The lowest BCUT2D eigenvalue weighted by Gasteiger charge is -2.07. The molecule has 0 bridgehead atoms. The van der Waals surface area contributed by atoms with Gasteiger partial charge in [0.2, 0.25) is 0 Å². The van der Waals surface area contributed by atoms with Gasteiger partial charge in [0.15, 0.2) is 5.69 Å². The van der Waals surface area contributed by atoms with E-state index in [4.69, 9.17) is 26.2 Å². The maximum Gasteiger partial charge on any atom is 0.356 e. The average molecular weight is 309 g/mol. The molecule has 0 spiro atoms. The van der Waals surface area contributed by atoms with Crippen molar-refractivity contribution in [2.75, 3.05) is 13.7 Å². The van der Waals surface area contributed by atoms with Gasteiger partial charge in [-0.15, -0.1) is 0 Å². The average Bonchev–Trinajstić information content (AvgIpc) is 2.49. The molecule has 2 aromatic rings. The number of nitrogens with zero attached hydrogens (tertiary/aromatic N) is 2. The predicted molar refractivity (Wildman–Crippen MR) is 76.2 cm³/mol. The summed E-state index contributed by atoms with van der Waals surface area (Å²) in [6.45, 7) is 0.326. The highest BCUT2D eigenvalue weighted by molar-refractivity contribution is 6.33. The van der Waals surface area contributed by atoms with Crippen molar-refractivity contribution in [2.24, 2.45) is 0 Å². The second kappa shape index (κ2) is 6.90. The van der Waals surface area contributed by atoms with Gasteiger partial charge in [-0.05, 0) is 24.3 Å². The first-order valence-corrected chi connectivity index (χ1v) is 6.49. The van der Waals surface area contributed by atoms with Crippen LogP contribution >= 0.6 is 11.6 Å². The summed E-state index contributed by atoms with van der Waals surface area (Å²) in [6.07, 6.45) is 1.66. The molecule has 0 aliphatic heterocycles. The summed E-state index contributed by atoms with van der Waals surface area (Å²) < 4.78 is 10.6. The highest BCUT2D eigenvalue weighted by Gasteiger charge is 2.12. The Morgan fingerprint density at radius 2 is 1.95 bits per heavy atom. The molecule has 1 aromatic heterocycles. The van der Waals surface area contributed by atoms with Crippen molar-refractivity contribution in [1.29, 1.82) is 0 Å². The van der Waals surface area contributed by atoms with Gasteiger partial charge in [-0.3, -0.25) is 0 Å². The third kappa shape index (κ3) is 4.06. The molecule has 0 amide bonds. The SMILES string of the molecule is COc1ccc(OCCc2ncc(Cl)c(C(=O)O)n2)cc1. The van der Waals surface area contributed by atoms with Gasteiger partial charge >= 0.3 is 5.97 Å². The number of carboxylic acid groups (broad SMARTS) is 1. The van der Waals surface area contributed by atoms with Gasteiger partial charge in [0, 0.05) is 6.42 Å². The molecular formula is C14H13ClN2O4. The third-order valence-corrected chi connectivity index (χ3v) is 2.93. The molecule has 7 heteroatoms. The second-order valence-electron chi connectivity index (χ2n) is 4.06. The zero-order valence-corrected chi connectivity index (χ0v) is 12.0. The van der Waals surface area contributed by atoms with E-state index in [-0.39, 0.29) is 10.7 Å². The first-order chi connectivity index (χ1) is 10.1. The van der Waals surface area contributed by atoms with E-state index in [9.17, 15) is 4.79 Å². The maximum atomic E-state index is 10.9. The minimum atomic E-state index is -1.18. The van der Waals surface area contributed by atoms with E-state index >= 15 is 0 Å². The first-order valence-electron chi connectivity index (χ1n) is 6.11. The molecule has 1 aromatic carbocycles. The standard InChI is InChI=1S/C14H13ClN2O4/c1-20-9-2-4-10(5-3-9)21-7-6-12-16-8-11(15)13(17-12)14(18)19/h2-5,8H,6-7H2,1H3,(H,18,19). The number of benzene rings is 1. The van der Waals surface area contributed by atoms with Crippen molar-refractivity contribution in [3.05, 3.63) is 47.0 Å². The molecular weight excluding hydrogens is 296 g/mol. The van der Waals surface area contributed by atoms with Crippen LogP contribution in [0.5, 0.6) is 11.5 Å². The Labute approximate surface area is 126 Å².